The van der Waals surface area contributed by atoms with E-state index in [1.807, 2.05) is 30.0 Å². The number of pyridine rings is 1. The van der Waals surface area contributed by atoms with E-state index in [1.165, 1.54) is 12.1 Å². The number of rotatable bonds is 7. The van der Waals surface area contributed by atoms with Crippen molar-refractivity contribution in [1.29, 1.82) is 0 Å². The second-order valence-electron chi connectivity index (χ2n) is 6.17. The van der Waals surface area contributed by atoms with Gasteiger partial charge >= 0.3 is 6.61 Å². The van der Waals surface area contributed by atoms with E-state index >= 15 is 0 Å². The molecule has 0 aliphatic heterocycles. The van der Waals surface area contributed by atoms with Crippen molar-refractivity contribution in [2.45, 2.75) is 44.9 Å². The van der Waals surface area contributed by atoms with Crippen LogP contribution in [0, 0.1) is 0 Å². The number of amides is 1. The summed E-state index contributed by atoms with van der Waals surface area (Å²) in [6, 6.07) is 12.1. The Bertz CT molecular complexity index is 720. The highest BCUT2D eigenvalue weighted by Crippen LogP contribution is 2.34. The summed E-state index contributed by atoms with van der Waals surface area (Å²) in [6.45, 7) is -0.910. The highest BCUT2D eigenvalue weighted by molar-refractivity contribution is 5.80. The Morgan fingerprint density at radius 1 is 1.28 bits per heavy atom. The van der Waals surface area contributed by atoms with Crippen LogP contribution in [0.4, 0.5) is 8.78 Å². The topological polar surface area (TPSA) is 42.4 Å². The first-order valence-corrected chi connectivity index (χ1v) is 8.30. The van der Waals surface area contributed by atoms with Crippen LogP contribution < -0.4 is 4.74 Å². The monoisotopic (exact) mass is 346 g/mol. The number of ether oxygens (including phenoxy) is 1. The maximum absolute atomic E-state index is 12.9. The van der Waals surface area contributed by atoms with Gasteiger partial charge in [0.05, 0.1) is 18.2 Å². The first-order valence-electron chi connectivity index (χ1n) is 8.30. The summed E-state index contributed by atoms with van der Waals surface area (Å²) in [5.74, 6) is 0.0332. The molecule has 1 aliphatic carbocycles. The number of halogens is 2. The molecule has 132 valence electrons. The Kier molecular flexibility index (Phi) is 5.26. The second-order valence-corrected chi connectivity index (χ2v) is 6.17. The molecule has 3 rings (SSSR count). The van der Waals surface area contributed by atoms with E-state index < -0.39 is 6.61 Å². The Morgan fingerprint density at radius 3 is 2.72 bits per heavy atom. The molecule has 4 nitrogen and oxygen atoms in total. The third-order valence-corrected chi connectivity index (χ3v) is 4.24. The van der Waals surface area contributed by atoms with Crippen molar-refractivity contribution >= 4 is 5.91 Å². The molecule has 6 heteroatoms. The molecule has 0 N–H and O–H groups in total. The molecule has 0 bridgehead atoms. The smallest absolute Gasteiger partial charge is 0.387 e. The zero-order valence-electron chi connectivity index (χ0n) is 13.9. The highest BCUT2D eigenvalue weighted by Gasteiger charge is 2.36. The van der Waals surface area contributed by atoms with E-state index in [2.05, 4.69) is 9.72 Å². The van der Waals surface area contributed by atoms with Gasteiger partial charge in [0, 0.05) is 12.2 Å². The van der Waals surface area contributed by atoms with Crippen molar-refractivity contribution in [3.63, 3.8) is 0 Å². The van der Waals surface area contributed by atoms with Crippen LogP contribution >= 0.6 is 0 Å². The molecule has 1 heterocycles. The predicted molar refractivity (Wildman–Crippen MR) is 89.3 cm³/mol. The first kappa shape index (κ1) is 17.3. The number of carbonyl (C=O) groups excluding carboxylic acids is 1. The summed E-state index contributed by atoms with van der Waals surface area (Å²) < 4.78 is 29.1. The van der Waals surface area contributed by atoms with Gasteiger partial charge in [-0.05, 0) is 49.6 Å². The van der Waals surface area contributed by atoms with Crippen LogP contribution in [-0.2, 0) is 11.2 Å². The van der Waals surface area contributed by atoms with Crippen LogP contribution in [-0.4, -0.2) is 28.4 Å². The molecule has 1 atom stereocenters. The Morgan fingerprint density at radius 2 is 2.08 bits per heavy atom. The van der Waals surface area contributed by atoms with Crippen LogP contribution in [0.5, 0.6) is 5.75 Å². The van der Waals surface area contributed by atoms with Gasteiger partial charge in [-0.15, -0.1) is 0 Å². The van der Waals surface area contributed by atoms with E-state index in [-0.39, 0.29) is 30.2 Å². The van der Waals surface area contributed by atoms with E-state index in [4.69, 9.17) is 0 Å². The molecule has 1 amide bonds. The van der Waals surface area contributed by atoms with Crippen molar-refractivity contribution in [2.75, 3.05) is 0 Å². The standard InChI is InChI=1S/C19H20F2N2O2/c1-13(17-7-2-3-10-22-17)23(15-8-9-15)18(24)12-14-5-4-6-16(11-14)25-19(20)21/h2-7,10-11,13,15,19H,8-9,12H2,1H3. The van der Waals surface area contributed by atoms with Crippen molar-refractivity contribution in [3.05, 3.63) is 59.9 Å². The maximum atomic E-state index is 12.9. The first-order chi connectivity index (χ1) is 12.0. The van der Waals surface area contributed by atoms with Crippen LogP contribution in [0.25, 0.3) is 0 Å². The van der Waals surface area contributed by atoms with Gasteiger partial charge in [-0.2, -0.15) is 8.78 Å². The number of carbonyl (C=O) groups is 1. The quantitative estimate of drug-likeness (QED) is 0.762. The Hall–Kier alpha value is -2.50. The molecule has 1 aliphatic rings. The van der Waals surface area contributed by atoms with E-state index in [9.17, 15) is 13.6 Å². The SMILES string of the molecule is CC(c1ccccn1)N(C(=O)Cc1cccc(OC(F)F)c1)C1CC1. The van der Waals surface area contributed by atoms with E-state index in [1.54, 1.807) is 18.3 Å². The summed E-state index contributed by atoms with van der Waals surface area (Å²) in [7, 11) is 0. The summed E-state index contributed by atoms with van der Waals surface area (Å²) in [5, 5.41) is 0. The molecule has 2 aromatic rings. The minimum absolute atomic E-state index is 0.0325. The number of alkyl halides is 2. The number of hydrogen-bond acceptors (Lipinski definition) is 3. The van der Waals surface area contributed by atoms with Crippen molar-refractivity contribution in [3.8, 4) is 5.75 Å². The lowest BCUT2D eigenvalue weighted by Crippen LogP contribution is -2.37. The average molecular weight is 346 g/mol. The molecule has 0 saturated heterocycles. The molecule has 0 spiro atoms. The van der Waals surface area contributed by atoms with Gasteiger partial charge in [0.1, 0.15) is 5.75 Å². The summed E-state index contributed by atoms with van der Waals surface area (Å²) in [4.78, 5) is 19.1. The molecule has 1 fully saturated rings. The molecule has 1 unspecified atom stereocenters. The number of nitrogens with zero attached hydrogens (tertiary/aromatic N) is 2. The third kappa shape index (κ3) is 4.53. The minimum atomic E-state index is -2.88. The molecule has 0 radical (unpaired) electrons. The molecular formula is C19H20F2N2O2. The summed E-state index contributed by atoms with van der Waals surface area (Å²) in [6.07, 6.45) is 3.83. The molecule has 1 saturated carbocycles. The zero-order chi connectivity index (χ0) is 17.8. The molecular weight excluding hydrogens is 326 g/mol. The lowest BCUT2D eigenvalue weighted by atomic mass is 10.1. The van der Waals surface area contributed by atoms with Crippen LogP contribution in [0.2, 0.25) is 0 Å². The fraction of sp³-hybridized carbons (Fsp3) is 0.368. The Labute approximate surface area is 145 Å². The van der Waals surface area contributed by atoms with Crippen LogP contribution in [0.3, 0.4) is 0 Å². The summed E-state index contributed by atoms with van der Waals surface area (Å²) >= 11 is 0. The molecule has 25 heavy (non-hydrogen) atoms. The van der Waals surface area contributed by atoms with Crippen LogP contribution in [0.1, 0.15) is 37.1 Å². The lowest BCUT2D eigenvalue weighted by molar-refractivity contribution is -0.133. The normalized spacial score (nSPS) is 15.0. The van der Waals surface area contributed by atoms with Gasteiger partial charge in [-0.3, -0.25) is 9.78 Å². The second kappa shape index (κ2) is 7.59. The number of hydrogen-bond donors (Lipinski definition) is 0. The van der Waals surface area contributed by atoms with Crippen molar-refractivity contribution in [1.82, 2.24) is 9.88 Å². The highest BCUT2D eigenvalue weighted by atomic mass is 19.3. The van der Waals surface area contributed by atoms with Crippen molar-refractivity contribution < 1.29 is 18.3 Å². The fourth-order valence-corrected chi connectivity index (χ4v) is 2.95. The van der Waals surface area contributed by atoms with Crippen molar-refractivity contribution in [2.24, 2.45) is 0 Å². The van der Waals surface area contributed by atoms with Gasteiger partial charge < -0.3 is 9.64 Å². The molecule has 1 aromatic heterocycles. The van der Waals surface area contributed by atoms with E-state index in [0.29, 0.717) is 5.56 Å². The minimum Gasteiger partial charge on any atom is -0.435 e. The largest absolute Gasteiger partial charge is 0.435 e. The molecule has 1 aromatic carbocycles. The van der Waals surface area contributed by atoms with Gasteiger partial charge in [-0.1, -0.05) is 18.2 Å². The van der Waals surface area contributed by atoms with Gasteiger partial charge in [0.15, 0.2) is 0 Å². The number of aromatic nitrogens is 1. The Balaban J connectivity index is 1.74. The van der Waals surface area contributed by atoms with Gasteiger partial charge in [-0.25, -0.2) is 0 Å². The van der Waals surface area contributed by atoms with Crippen LogP contribution in [0.15, 0.2) is 48.7 Å². The average Bonchev–Trinajstić information content (AvgIpc) is 3.40. The summed E-state index contributed by atoms with van der Waals surface area (Å²) in [5.41, 5.74) is 1.50. The van der Waals surface area contributed by atoms with E-state index in [0.717, 1.165) is 18.5 Å². The lowest BCUT2D eigenvalue weighted by Gasteiger charge is -2.29. The third-order valence-electron chi connectivity index (χ3n) is 4.24. The van der Waals surface area contributed by atoms with Gasteiger partial charge in [0.2, 0.25) is 5.91 Å². The maximum Gasteiger partial charge on any atom is 0.387 e. The fourth-order valence-electron chi connectivity index (χ4n) is 2.95. The number of benzene rings is 1. The predicted octanol–water partition coefficient (Wildman–Crippen LogP) is 3.98. The zero-order valence-corrected chi connectivity index (χ0v) is 13.9. The van der Waals surface area contributed by atoms with Gasteiger partial charge in [0.25, 0.3) is 0 Å².